The Bertz CT molecular complexity index is 293. The zero-order valence-corrected chi connectivity index (χ0v) is 14.8. The maximum absolute atomic E-state index is 6.59. The number of hydrogen-bond donors (Lipinski definition) is 1. The van der Waals surface area contributed by atoms with Crippen molar-refractivity contribution in [2.24, 2.45) is 11.8 Å². The van der Waals surface area contributed by atoms with E-state index < -0.39 is 0 Å². The van der Waals surface area contributed by atoms with Crippen LogP contribution < -0.4 is 5.32 Å². The fraction of sp³-hybridized carbons (Fsp3) is 1.00. The Morgan fingerprint density at radius 1 is 1.00 bits per heavy atom. The van der Waals surface area contributed by atoms with E-state index >= 15 is 0 Å². The minimum atomic E-state index is 0.108. The average molecular weight is 296 g/mol. The van der Waals surface area contributed by atoms with Crippen LogP contribution in [0.1, 0.15) is 85.5 Å². The highest BCUT2D eigenvalue weighted by Crippen LogP contribution is 2.36. The summed E-state index contributed by atoms with van der Waals surface area (Å²) in [5, 5.41) is 3.71. The molecule has 124 valence electrons. The summed E-state index contributed by atoms with van der Waals surface area (Å²) in [6.07, 6.45) is 12.2. The lowest BCUT2D eigenvalue weighted by Gasteiger charge is -2.42. The number of nitrogens with one attached hydrogen (secondary N) is 1. The first-order chi connectivity index (χ1) is 9.89. The Labute approximate surface area is 132 Å². The summed E-state index contributed by atoms with van der Waals surface area (Å²) in [5.41, 5.74) is 0.293. The standard InChI is InChI=1S/C19H37NO/c1-16-10-12-19(13-11-16,15-20-18(2,3)4)21-14-17-8-6-5-7-9-17/h16-17,20H,5-15H2,1-4H3. The molecule has 2 nitrogen and oxygen atoms in total. The van der Waals surface area contributed by atoms with Crippen molar-refractivity contribution in [2.75, 3.05) is 13.2 Å². The molecule has 1 N–H and O–H groups in total. The van der Waals surface area contributed by atoms with Gasteiger partial charge in [0.1, 0.15) is 0 Å². The van der Waals surface area contributed by atoms with Crippen molar-refractivity contribution in [1.82, 2.24) is 5.32 Å². The third-order valence-corrected chi connectivity index (χ3v) is 5.48. The molecule has 0 aromatic carbocycles. The largest absolute Gasteiger partial charge is 0.373 e. The van der Waals surface area contributed by atoms with Gasteiger partial charge in [-0.25, -0.2) is 0 Å². The maximum Gasteiger partial charge on any atom is 0.0806 e. The van der Waals surface area contributed by atoms with E-state index in [-0.39, 0.29) is 11.1 Å². The van der Waals surface area contributed by atoms with E-state index in [4.69, 9.17) is 4.74 Å². The van der Waals surface area contributed by atoms with Crippen LogP contribution in [-0.2, 0) is 4.74 Å². The molecular formula is C19H37NO. The molecule has 0 heterocycles. The van der Waals surface area contributed by atoms with Crippen LogP contribution in [-0.4, -0.2) is 24.3 Å². The summed E-state index contributed by atoms with van der Waals surface area (Å²) in [5.74, 6) is 1.70. The van der Waals surface area contributed by atoms with Gasteiger partial charge in [-0.3, -0.25) is 0 Å². The summed E-state index contributed by atoms with van der Waals surface area (Å²) in [4.78, 5) is 0. The summed E-state index contributed by atoms with van der Waals surface area (Å²) in [7, 11) is 0. The van der Waals surface area contributed by atoms with Crippen molar-refractivity contribution < 1.29 is 4.74 Å². The summed E-state index contributed by atoms with van der Waals surface area (Å²) < 4.78 is 6.59. The first-order valence-electron chi connectivity index (χ1n) is 9.28. The highest BCUT2D eigenvalue weighted by molar-refractivity contribution is 4.91. The van der Waals surface area contributed by atoms with Crippen molar-refractivity contribution in [3.8, 4) is 0 Å². The van der Waals surface area contributed by atoms with Crippen LogP contribution in [0.3, 0.4) is 0 Å². The molecule has 0 atom stereocenters. The minimum Gasteiger partial charge on any atom is -0.373 e. The van der Waals surface area contributed by atoms with Crippen LogP contribution in [0.4, 0.5) is 0 Å². The Morgan fingerprint density at radius 3 is 2.19 bits per heavy atom. The zero-order valence-electron chi connectivity index (χ0n) is 14.8. The maximum atomic E-state index is 6.59. The Kier molecular flexibility index (Phi) is 6.14. The molecule has 21 heavy (non-hydrogen) atoms. The van der Waals surface area contributed by atoms with Gasteiger partial charge in [-0.1, -0.05) is 26.2 Å². The molecule has 2 saturated carbocycles. The van der Waals surface area contributed by atoms with Crippen molar-refractivity contribution >= 4 is 0 Å². The summed E-state index contributed by atoms with van der Waals surface area (Å²) in [6.45, 7) is 11.2. The molecule has 2 aliphatic carbocycles. The molecule has 0 amide bonds. The van der Waals surface area contributed by atoms with Gasteiger partial charge in [-0.05, 0) is 71.1 Å². The van der Waals surface area contributed by atoms with Gasteiger partial charge in [0.2, 0.25) is 0 Å². The second-order valence-electron chi connectivity index (χ2n) is 8.78. The van der Waals surface area contributed by atoms with Crippen molar-refractivity contribution in [3.63, 3.8) is 0 Å². The van der Waals surface area contributed by atoms with Crippen LogP contribution in [0.5, 0.6) is 0 Å². The molecule has 0 saturated heterocycles. The van der Waals surface area contributed by atoms with Crippen LogP contribution in [0, 0.1) is 11.8 Å². The Balaban J connectivity index is 1.88. The highest BCUT2D eigenvalue weighted by atomic mass is 16.5. The monoisotopic (exact) mass is 295 g/mol. The van der Waals surface area contributed by atoms with Gasteiger partial charge < -0.3 is 10.1 Å². The molecule has 0 aromatic rings. The Morgan fingerprint density at radius 2 is 1.62 bits per heavy atom. The first kappa shape index (κ1) is 17.3. The normalized spacial score (nSPS) is 32.3. The SMILES string of the molecule is CC1CCC(CNC(C)(C)C)(OCC2CCCCC2)CC1. The fourth-order valence-electron chi connectivity index (χ4n) is 3.74. The molecule has 2 aliphatic rings. The predicted octanol–water partition coefficient (Wildman–Crippen LogP) is 4.92. The number of hydrogen-bond acceptors (Lipinski definition) is 2. The van der Waals surface area contributed by atoms with Gasteiger partial charge in [0.05, 0.1) is 12.2 Å². The molecular weight excluding hydrogens is 258 g/mol. The lowest BCUT2D eigenvalue weighted by molar-refractivity contribution is -0.0931. The molecule has 2 heteroatoms. The molecule has 2 fully saturated rings. The van der Waals surface area contributed by atoms with Gasteiger partial charge in [-0.2, -0.15) is 0 Å². The van der Waals surface area contributed by atoms with Crippen molar-refractivity contribution in [3.05, 3.63) is 0 Å². The average Bonchev–Trinajstić information content (AvgIpc) is 2.46. The molecule has 0 aromatic heterocycles. The second-order valence-corrected chi connectivity index (χ2v) is 8.78. The van der Waals surface area contributed by atoms with Crippen LogP contribution >= 0.6 is 0 Å². The van der Waals surface area contributed by atoms with Gasteiger partial charge in [-0.15, -0.1) is 0 Å². The van der Waals surface area contributed by atoms with E-state index in [2.05, 4.69) is 33.0 Å². The fourth-order valence-corrected chi connectivity index (χ4v) is 3.74. The van der Waals surface area contributed by atoms with Crippen molar-refractivity contribution in [2.45, 2.75) is 96.6 Å². The third-order valence-electron chi connectivity index (χ3n) is 5.48. The first-order valence-corrected chi connectivity index (χ1v) is 9.28. The molecule has 2 rings (SSSR count). The van der Waals surface area contributed by atoms with E-state index in [0.29, 0.717) is 0 Å². The minimum absolute atomic E-state index is 0.108. The third kappa shape index (κ3) is 5.90. The van der Waals surface area contributed by atoms with Crippen LogP contribution in [0.15, 0.2) is 0 Å². The highest BCUT2D eigenvalue weighted by Gasteiger charge is 2.36. The molecule has 0 bridgehead atoms. The van der Waals surface area contributed by atoms with E-state index in [9.17, 15) is 0 Å². The van der Waals surface area contributed by atoms with E-state index in [0.717, 1.165) is 25.0 Å². The molecule has 0 radical (unpaired) electrons. The smallest absolute Gasteiger partial charge is 0.0806 e. The van der Waals surface area contributed by atoms with Gasteiger partial charge in [0.15, 0.2) is 0 Å². The lowest BCUT2D eigenvalue weighted by Crippen LogP contribution is -2.51. The zero-order chi connectivity index (χ0) is 15.3. The number of ether oxygens (including phenoxy) is 1. The second kappa shape index (κ2) is 7.46. The summed E-state index contributed by atoms with van der Waals surface area (Å²) >= 11 is 0. The van der Waals surface area contributed by atoms with E-state index in [1.165, 1.54) is 57.8 Å². The van der Waals surface area contributed by atoms with Gasteiger partial charge >= 0.3 is 0 Å². The molecule has 0 unspecified atom stereocenters. The molecule has 0 aliphatic heterocycles. The van der Waals surface area contributed by atoms with Crippen LogP contribution in [0.25, 0.3) is 0 Å². The van der Waals surface area contributed by atoms with E-state index in [1.807, 2.05) is 0 Å². The topological polar surface area (TPSA) is 21.3 Å². The summed E-state index contributed by atoms with van der Waals surface area (Å²) in [6, 6.07) is 0. The Hall–Kier alpha value is -0.0800. The van der Waals surface area contributed by atoms with Gasteiger partial charge in [0, 0.05) is 12.1 Å². The quantitative estimate of drug-likeness (QED) is 0.777. The molecule has 0 spiro atoms. The lowest BCUT2D eigenvalue weighted by atomic mass is 9.78. The van der Waals surface area contributed by atoms with Gasteiger partial charge in [0.25, 0.3) is 0 Å². The predicted molar refractivity (Wildman–Crippen MR) is 90.6 cm³/mol. The van der Waals surface area contributed by atoms with E-state index in [1.54, 1.807) is 0 Å². The van der Waals surface area contributed by atoms with Crippen LogP contribution in [0.2, 0.25) is 0 Å². The number of rotatable bonds is 5. The van der Waals surface area contributed by atoms with Crippen molar-refractivity contribution in [1.29, 1.82) is 0 Å².